The first kappa shape index (κ1) is 9.27. The molecule has 0 saturated carbocycles. The summed E-state index contributed by atoms with van der Waals surface area (Å²) < 4.78 is 18.1. The van der Waals surface area contributed by atoms with Crippen molar-refractivity contribution in [2.75, 3.05) is 0 Å². The van der Waals surface area contributed by atoms with Gasteiger partial charge in [0.15, 0.2) is 17.7 Å². The van der Waals surface area contributed by atoms with Gasteiger partial charge in [0.05, 0.1) is 0 Å². The topological polar surface area (TPSA) is 46.5 Å². The number of carboxylic acids is 1. The van der Waals surface area contributed by atoms with Crippen molar-refractivity contribution < 1.29 is 19.0 Å². The fourth-order valence-corrected chi connectivity index (χ4v) is 1.65. The molecule has 5 heteroatoms. The summed E-state index contributed by atoms with van der Waals surface area (Å²) in [5.74, 6) is -1.71. The van der Waals surface area contributed by atoms with Gasteiger partial charge in [-0.25, -0.2) is 9.18 Å². The van der Waals surface area contributed by atoms with Crippen molar-refractivity contribution in [3.05, 3.63) is 28.5 Å². The molecule has 0 radical (unpaired) electrons. The first-order valence-electron chi connectivity index (χ1n) is 3.95. The second-order valence-electron chi connectivity index (χ2n) is 3.02. The molecule has 3 nitrogen and oxygen atoms in total. The van der Waals surface area contributed by atoms with Crippen molar-refractivity contribution in [1.82, 2.24) is 0 Å². The number of benzene rings is 1. The molecule has 2 rings (SSSR count). The van der Waals surface area contributed by atoms with Crippen LogP contribution in [0.5, 0.6) is 5.75 Å². The zero-order valence-electron chi connectivity index (χ0n) is 6.96. The monoisotopic (exact) mass is 216 g/mol. The molecule has 0 aromatic heterocycles. The molecule has 1 aliphatic heterocycles. The van der Waals surface area contributed by atoms with Crippen LogP contribution in [0.15, 0.2) is 12.1 Å². The third-order valence-corrected chi connectivity index (χ3v) is 2.24. The number of carboxylic acid groups (broad SMARTS) is 1. The zero-order valence-corrected chi connectivity index (χ0v) is 7.71. The van der Waals surface area contributed by atoms with Crippen LogP contribution in [0.3, 0.4) is 0 Å². The molecule has 1 unspecified atom stereocenters. The molecular formula is C9H6ClFO3. The van der Waals surface area contributed by atoms with Gasteiger partial charge in [0.2, 0.25) is 0 Å². The highest BCUT2D eigenvalue weighted by atomic mass is 35.5. The van der Waals surface area contributed by atoms with E-state index in [9.17, 15) is 9.18 Å². The average Bonchev–Trinajstić information content (AvgIpc) is 2.47. The first-order valence-corrected chi connectivity index (χ1v) is 4.33. The van der Waals surface area contributed by atoms with E-state index in [0.29, 0.717) is 5.56 Å². The quantitative estimate of drug-likeness (QED) is 0.780. The highest BCUT2D eigenvalue weighted by Gasteiger charge is 2.31. The minimum Gasteiger partial charge on any atom is -0.478 e. The average molecular weight is 217 g/mol. The van der Waals surface area contributed by atoms with Crippen LogP contribution in [0.2, 0.25) is 5.02 Å². The molecule has 1 atom stereocenters. The van der Waals surface area contributed by atoms with Crippen LogP contribution in [0, 0.1) is 5.82 Å². The van der Waals surface area contributed by atoms with Crippen LogP contribution < -0.4 is 4.74 Å². The smallest absolute Gasteiger partial charge is 0.345 e. The first-order chi connectivity index (χ1) is 6.58. The van der Waals surface area contributed by atoms with Gasteiger partial charge in [-0.3, -0.25) is 0 Å². The Kier molecular flexibility index (Phi) is 2.07. The summed E-state index contributed by atoms with van der Waals surface area (Å²) in [4.78, 5) is 10.6. The van der Waals surface area contributed by atoms with E-state index in [0.717, 1.165) is 6.07 Å². The highest BCUT2D eigenvalue weighted by molar-refractivity contribution is 6.30. The van der Waals surface area contributed by atoms with Crippen molar-refractivity contribution in [1.29, 1.82) is 0 Å². The minimum absolute atomic E-state index is 0.00167. The minimum atomic E-state index is -1.10. The third-order valence-electron chi connectivity index (χ3n) is 2.03. The number of hydrogen-bond donors (Lipinski definition) is 1. The molecule has 1 aromatic rings. The number of rotatable bonds is 1. The number of carbonyl (C=O) groups is 1. The number of fused-ring (bicyclic) bond motifs is 1. The van der Waals surface area contributed by atoms with Crippen LogP contribution in [0.1, 0.15) is 5.56 Å². The SMILES string of the molecule is O=C(O)C1Cc2cc(Cl)cc(F)c2O1. The molecule has 0 saturated heterocycles. The summed E-state index contributed by atoms with van der Waals surface area (Å²) in [7, 11) is 0. The molecule has 1 N–H and O–H groups in total. The molecule has 0 spiro atoms. The van der Waals surface area contributed by atoms with E-state index in [1.165, 1.54) is 6.07 Å². The predicted molar refractivity (Wildman–Crippen MR) is 47.2 cm³/mol. The zero-order chi connectivity index (χ0) is 10.3. The van der Waals surface area contributed by atoms with Crippen molar-refractivity contribution in [3.8, 4) is 5.75 Å². The fraction of sp³-hybridized carbons (Fsp3) is 0.222. The molecule has 74 valence electrons. The van der Waals surface area contributed by atoms with Crippen LogP contribution in [0.25, 0.3) is 0 Å². The van der Waals surface area contributed by atoms with Gasteiger partial charge in [-0.2, -0.15) is 0 Å². The molecular weight excluding hydrogens is 211 g/mol. The van der Waals surface area contributed by atoms with E-state index >= 15 is 0 Å². The van der Waals surface area contributed by atoms with Gasteiger partial charge in [-0.1, -0.05) is 11.6 Å². The van der Waals surface area contributed by atoms with E-state index in [1.807, 2.05) is 0 Å². The van der Waals surface area contributed by atoms with Gasteiger partial charge in [-0.15, -0.1) is 0 Å². The molecule has 1 aromatic carbocycles. The Morgan fingerprint density at radius 1 is 1.64 bits per heavy atom. The lowest BCUT2D eigenvalue weighted by atomic mass is 10.1. The summed E-state index contributed by atoms with van der Waals surface area (Å²) in [5.41, 5.74) is 0.502. The largest absolute Gasteiger partial charge is 0.478 e. The van der Waals surface area contributed by atoms with Gasteiger partial charge in [0.1, 0.15) is 0 Å². The maximum absolute atomic E-state index is 13.2. The lowest BCUT2D eigenvalue weighted by Gasteiger charge is -2.04. The second kappa shape index (κ2) is 3.13. The molecule has 1 heterocycles. The van der Waals surface area contributed by atoms with E-state index in [4.69, 9.17) is 21.4 Å². The Morgan fingerprint density at radius 2 is 2.36 bits per heavy atom. The maximum atomic E-state index is 13.2. The number of aliphatic carboxylic acids is 1. The van der Waals surface area contributed by atoms with Gasteiger partial charge < -0.3 is 9.84 Å². The lowest BCUT2D eigenvalue weighted by Crippen LogP contribution is -2.24. The molecule has 0 aliphatic carbocycles. The maximum Gasteiger partial charge on any atom is 0.345 e. The van der Waals surface area contributed by atoms with Gasteiger partial charge in [0.25, 0.3) is 0 Å². The summed E-state index contributed by atoms with van der Waals surface area (Å²) in [6, 6.07) is 2.62. The lowest BCUT2D eigenvalue weighted by molar-refractivity contribution is -0.144. The fourth-order valence-electron chi connectivity index (χ4n) is 1.42. The summed E-state index contributed by atoms with van der Waals surface area (Å²) in [5, 5.41) is 8.91. The van der Waals surface area contributed by atoms with E-state index in [1.54, 1.807) is 0 Å². The van der Waals surface area contributed by atoms with Crippen molar-refractivity contribution >= 4 is 17.6 Å². The van der Waals surface area contributed by atoms with Gasteiger partial charge in [-0.05, 0) is 12.1 Å². The number of hydrogen-bond acceptors (Lipinski definition) is 2. The van der Waals surface area contributed by atoms with Gasteiger partial charge >= 0.3 is 5.97 Å². The number of halogens is 2. The van der Waals surface area contributed by atoms with Gasteiger partial charge in [0, 0.05) is 17.0 Å². The summed E-state index contributed by atoms with van der Waals surface area (Å²) >= 11 is 5.61. The van der Waals surface area contributed by atoms with E-state index in [-0.39, 0.29) is 17.2 Å². The molecule has 14 heavy (non-hydrogen) atoms. The number of ether oxygens (including phenoxy) is 1. The van der Waals surface area contributed by atoms with Crippen molar-refractivity contribution in [3.63, 3.8) is 0 Å². The summed E-state index contributed by atoms with van der Waals surface area (Å²) in [6.07, 6.45) is -0.847. The normalized spacial score (nSPS) is 18.9. The Bertz CT molecular complexity index is 405. The van der Waals surface area contributed by atoms with Crippen LogP contribution in [0.4, 0.5) is 4.39 Å². The Balaban J connectivity index is 2.39. The molecule has 1 aliphatic rings. The van der Waals surface area contributed by atoms with Crippen LogP contribution in [-0.4, -0.2) is 17.2 Å². The Hall–Kier alpha value is -1.29. The van der Waals surface area contributed by atoms with E-state index in [2.05, 4.69) is 0 Å². The predicted octanol–water partition coefficient (Wildman–Crippen LogP) is 1.87. The van der Waals surface area contributed by atoms with E-state index < -0.39 is 17.9 Å². The highest BCUT2D eigenvalue weighted by Crippen LogP contribution is 2.34. The standard InChI is InChI=1S/C9H6ClFO3/c10-5-1-4-2-7(9(12)13)14-8(4)6(11)3-5/h1,3,7H,2H2,(H,12,13). The molecule has 0 fully saturated rings. The molecule has 0 bridgehead atoms. The third kappa shape index (κ3) is 1.42. The summed E-state index contributed by atoms with van der Waals surface area (Å²) in [6.45, 7) is 0. The van der Waals surface area contributed by atoms with Crippen molar-refractivity contribution in [2.24, 2.45) is 0 Å². The van der Waals surface area contributed by atoms with Crippen LogP contribution >= 0.6 is 11.6 Å². The second-order valence-corrected chi connectivity index (χ2v) is 3.46. The molecule has 0 amide bonds. The van der Waals surface area contributed by atoms with Crippen LogP contribution in [-0.2, 0) is 11.2 Å². The van der Waals surface area contributed by atoms with Crippen molar-refractivity contribution in [2.45, 2.75) is 12.5 Å². The Labute approximate surface area is 84.1 Å². The Morgan fingerprint density at radius 3 is 3.00 bits per heavy atom.